The second-order valence-corrected chi connectivity index (χ2v) is 4.35. The molecule has 0 bridgehead atoms. The maximum absolute atomic E-state index is 11.0. The molecule has 112 valence electrons. The predicted octanol–water partition coefficient (Wildman–Crippen LogP) is -0.804. The first-order valence-corrected chi connectivity index (χ1v) is 6.44. The largest absolute Gasteiger partial charge is 0.368 e. The van der Waals surface area contributed by atoms with Crippen molar-refractivity contribution in [1.29, 1.82) is 0 Å². The molecule has 0 aliphatic carbocycles. The number of rotatable bonds is 7. The highest BCUT2D eigenvalue weighted by atomic mass is 16.1. The van der Waals surface area contributed by atoms with Gasteiger partial charge >= 0.3 is 0 Å². The van der Waals surface area contributed by atoms with E-state index >= 15 is 0 Å². The minimum Gasteiger partial charge on any atom is -0.368 e. The van der Waals surface area contributed by atoms with Crippen LogP contribution in [0.2, 0.25) is 0 Å². The predicted molar refractivity (Wildman–Crippen MR) is 76.0 cm³/mol. The number of carbonyl (C=O) groups is 1. The van der Waals surface area contributed by atoms with Crippen LogP contribution in [-0.4, -0.2) is 55.8 Å². The zero-order valence-corrected chi connectivity index (χ0v) is 11.9. The second-order valence-electron chi connectivity index (χ2n) is 4.35. The topological polar surface area (TPSA) is 128 Å². The Kier molecular flexibility index (Phi) is 4.59. The van der Waals surface area contributed by atoms with Gasteiger partial charge in [-0.2, -0.15) is 24.7 Å². The molecule has 0 aromatic carbocycles. The minimum atomic E-state index is -0.469. The van der Waals surface area contributed by atoms with E-state index in [9.17, 15) is 4.79 Å². The zero-order valence-electron chi connectivity index (χ0n) is 11.9. The van der Waals surface area contributed by atoms with E-state index in [4.69, 9.17) is 5.73 Å². The summed E-state index contributed by atoms with van der Waals surface area (Å²) in [6.45, 7) is 2.76. The minimum absolute atomic E-state index is 0.00796. The van der Waals surface area contributed by atoms with Crippen molar-refractivity contribution in [1.82, 2.24) is 29.7 Å². The lowest BCUT2D eigenvalue weighted by atomic mass is 10.5. The summed E-state index contributed by atoms with van der Waals surface area (Å²) in [5.74, 6) is 0.576. The number of likely N-dealkylation sites (N-methyl/N-ethyl adjacent to an activating group) is 1. The van der Waals surface area contributed by atoms with Crippen LogP contribution >= 0.6 is 0 Å². The van der Waals surface area contributed by atoms with Crippen molar-refractivity contribution in [3.8, 4) is 5.95 Å². The van der Waals surface area contributed by atoms with Crippen LogP contribution in [0.1, 0.15) is 13.3 Å². The number of nitrogens with one attached hydrogen (secondary N) is 1. The molecule has 0 radical (unpaired) electrons. The van der Waals surface area contributed by atoms with E-state index in [1.54, 1.807) is 11.9 Å². The first-order valence-electron chi connectivity index (χ1n) is 6.44. The monoisotopic (exact) mass is 291 g/mol. The van der Waals surface area contributed by atoms with E-state index in [0.29, 0.717) is 17.8 Å². The maximum Gasteiger partial charge on any atom is 0.258 e. The fourth-order valence-corrected chi connectivity index (χ4v) is 1.56. The first kappa shape index (κ1) is 14.6. The molecule has 0 aliphatic rings. The molecule has 0 saturated carbocycles. The standard InChI is InChI=1S/C11H17N9O/c1-3-4-14-9-16-10(19(2)5-8(12)21)18-11(17-9)20-7-13-6-15-20/h6-7H,3-5H2,1-2H3,(H2,12,21)(H,14,16,17,18). The number of aromatic nitrogens is 6. The molecule has 1 amide bonds. The molecule has 2 heterocycles. The number of primary amides is 1. The molecule has 0 saturated heterocycles. The van der Waals surface area contributed by atoms with Crippen LogP contribution in [0.4, 0.5) is 11.9 Å². The molecule has 3 N–H and O–H groups in total. The van der Waals surface area contributed by atoms with Crippen LogP contribution in [-0.2, 0) is 4.79 Å². The normalized spacial score (nSPS) is 10.4. The summed E-state index contributed by atoms with van der Waals surface area (Å²) in [5.41, 5.74) is 5.19. The van der Waals surface area contributed by atoms with Crippen LogP contribution in [0.15, 0.2) is 12.7 Å². The number of anilines is 2. The lowest BCUT2D eigenvalue weighted by molar-refractivity contribution is -0.116. The quantitative estimate of drug-likeness (QED) is 0.678. The van der Waals surface area contributed by atoms with Crippen LogP contribution < -0.4 is 16.0 Å². The lowest BCUT2D eigenvalue weighted by Crippen LogP contribution is -2.32. The molecule has 2 aromatic heterocycles. The molecule has 10 nitrogen and oxygen atoms in total. The van der Waals surface area contributed by atoms with Crippen molar-refractivity contribution in [2.45, 2.75) is 13.3 Å². The number of nitrogens with two attached hydrogens (primary N) is 1. The molecule has 10 heteroatoms. The molecule has 0 fully saturated rings. The van der Waals surface area contributed by atoms with Gasteiger partial charge < -0.3 is 16.0 Å². The lowest BCUT2D eigenvalue weighted by Gasteiger charge is -2.16. The molecule has 0 unspecified atom stereocenters. The smallest absolute Gasteiger partial charge is 0.258 e. The Bertz CT molecular complexity index is 598. The number of amides is 1. The third-order valence-corrected chi connectivity index (χ3v) is 2.50. The maximum atomic E-state index is 11.0. The third-order valence-electron chi connectivity index (χ3n) is 2.50. The Morgan fingerprint density at radius 3 is 2.86 bits per heavy atom. The van der Waals surface area contributed by atoms with Gasteiger partial charge in [-0.25, -0.2) is 4.98 Å². The zero-order chi connectivity index (χ0) is 15.2. The summed E-state index contributed by atoms with van der Waals surface area (Å²) in [5, 5.41) is 7.06. The highest BCUT2D eigenvalue weighted by Crippen LogP contribution is 2.11. The highest BCUT2D eigenvalue weighted by Gasteiger charge is 2.13. The van der Waals surface area contributed by atoms with Crippen LogP contribution in [0.3, 0.4) is 0 Å². The summed E-state index contributed by atoms with van der Waals surface area (Å²) in [4.78, 5) is 29.2. The summed E-state index contributed by atoms with van der Waals surface area (Å²) in [6, 6.07) is 0. The van der Waals surface area contributed by atoms with Gasteiger partial charge in [0.25, 0.3) is 5.95 Å². The average molecular weight is 291 g/mol. The van der Waals surface area contributed by atoms with Crippen molar-refractivity contribution >= 4 is 17.8 Å². The number of hydrogen-bond acceptors (Lipinski definition) is 8. The average Bonchev–Trinajstić information content (AvgIpc) is 2.98. The fraction of sp³-hybridized carbons (Fsp3) is 0.455. The van der Waals surface area contributed by atoms with E-state index in [-0.39, 0.29) is 6.54 Å². The fourth-order valence-electron chi connectivity index (χ4n) is 1.56. The van der Waals surface area contributed by atoms with Crippen molar-refractivity contribution in [3.63, 3.8) is 0 Å². The molecule has 0 aliphatic heterocycles. The van der Waals surface area contributed by atoms with Gasteiger partial charge in [-0.1, -0.05) is 6.92 Å². The Labute approximate surface area is 121 Å². The highest BCUT2D eigenvalue weighted by molar-refractivity contribution is 5.78. The summed E-state index contributed by atoms with van der Waals surface area (Å²) in [6.07, 6.45) is 3.79. The summed E-state index contributed by atoms with van der Waals surface area (Å²) < 4.78 is 1.42. The van der Waals surface area contributed by atoms with Gasteiger partial charge in [0, 0.05) is 13.6 Å². The van der Waals surface area contributed by atoms with Gasteiger partial charge in [0.1, 0.15) is 12.7 Å². The van der Waals surface area contributed by atoms with E-state index in [2.05, 4.69) is 30.4 Å². The molecule has 2 aromatic rings. The van der Waals surface area contributed by atoms with Crippen molar-refractivity contribution in [3.05, 3.63) is 12.7 Å². The Morgan fingerprint density at radius 2 is 2.24 bits per heavy atom. The Morgan fingerprint density at radius 1 is 1.43 bits per heavy atom. The van der Waals surface area contributed by atoms with E-state index in [1.807, 2.05) is 6.92 Å². The van der Waals surface area contributed by atoms with E-state index < -0.39 is 5.91 Å². The first-order chi connectivity index (χ1) is 10.1. The van der Waals surface area contributed by atoms with Crippen LogP contribution in [0, 0.1) is 0 Å². The molecular weight excluding hydrogens is 274 g/mol. The van der Waals surface area contributed by atoms with Gasteiger partial charge in [-0.15, -0.1) is 0 Å². The second kappa shape index (κ2) is 6.59. The molecule has 2 rings (SSSR count). The number of carbonyl (C=O) groups excluding carboxylic acids is 1. The Balaban J connectivity index is 2.34. The van der Waals surface area contributed by atoms with Crippen molar-refractivity contribution in [2.24, 2.45) is 5.73 Å². The third kappa shape index (κ3) is 3.84. The van der Waals surface area contributed by atoms with Crippen LogP contribution in [0.5, 0.6) is 0 Å². The van der Waals surface area contributed by atoms with Gasteiger partial charge in [0.15, 0.2) is 0 Å². The van der Waals surface area contributed by atoms with Crippen molar-refractivity contribution in [2.75, 3.05) is 30.4 Å². The summed E-state index contributed by atoms with van der Waals surface area (Å²) in [7, 11) is 1.68. The number of nitrogens with zero attached hydrogens (tertiary/aromatic N) is 7. The van der Waals surface area contributed by atoms with Gasteiger partial charge in [-0.3, -0.25) is 4.79 Å². The SMILES string of the molecule is CCCNc1nc(N(C)CC(N)=O)nc(-n2cncn2)n1. The number of hydrogen-bond donors (Lipinski definition) is 2. The Hall–Kier alpha value is -2.78. The van der Waals surface area contributed by atoms with Gasteiger partial charge in [-0.05, 0) is 6.42 Å². The van der Waals surface area contributed by atoms with E-state index in [0.717, 1.165) is 13.0 Å². The molecular formula is C11H17N9O. The van der Waals surface area contributed by atoms with Crippen LogP contribution in [0.25, 0.3) is 5.95 Å². The molecule has 21 heavy (non-hydrogen) atoms. The summed E-state index contributed by atoms with van der Waals surface area (Å²) >= 11 is 0. The van der Waals surface area contributed by atoms with Gasteiger partial charge in [0.2, 0.25) is 17.8 Å². The molecule has 0 spiro atoms. The van der Waals surface area contributed by atoms with Crippen molar-refractivity contribution < 1.29 is 4.79 Å². The van der Waals surface area contributed by atoms with Gasteiger partial charge in [0.05, 0.1) is 6.54 Å². The molecule has 0 atom stereocenters. The van der Waals surface area contributed by atoms with E-state index in [1.165, 1.54) is 17.3 Å².